The Kier molecular flexibility index (Phi) is 2.83. The van der Waals surface area contributed by atoms with E-state index in [9.17, 15) is 13.2 Å². The Morgan fingerprint density at radius 3 is 2.54 bits per heavy atom. The van der Waals surface area contributed by atoms with Crippen molar-refractivity contribution < 1.29 is 13.2 Å². The van der Waals surface area contributed by atoms with Gasteiger partial charge < -0.3 is 5.32 Å². The average molecular weight is 216 g/mol. The third-order valence-corrected chi connectivity index (χ3v) is 3.35. The molecule has 0 unspecified atom stereocenters. The second-order valence-corrected chi connectivity index (χ2v) is 3.87. The summed E-state index contributed by atoms with van der Waals surface area (Å²) >= 11 is 0. The van der Waals surface area contributed by atoms with Crippen molar-refractivity contribution >= 4 is 12.4 Å². The Balaban J connectivity index is 0.000000845. The second-order valence-electron chi connectivity index (χ2n) is 3.87. The van der Waals surface area contributed by atoms with Gasteiger partial charge >= 0.3 is 6.18 Å². The lowest BCUT2D eigenvalue weighted by atomic mass is 9.80. The number of rotatable bonds is 0. The first-order chi connectivity index (χ1) is 5.56. The van der Waals surface area contributed by atoms with Crippen LogP contribution in [0.4, 0.5) is 13.2 Å². The second kappa shape index (κ2) is 3.31. The summed E-state index contributed by atoms with van der Waals surface area (Å²) < 4.78 is 38.0. The number of halogens is 4. The molecule has 1 aliphatic carbocycles. The zero-order valence-corrected chi connectivity index (χ0v) is 7.97. The van der Waals surface area contributed by atoms with Crippen molar-refractivity contribution in [1.29, 1.82) is 0 Å². The van der Waals surface area contributed by atoms with Gasteiger partial charge in [0.2, 0.25) is 0 Å². The molecular weight excluding hydrogens is 203 g/mol. The van der Waals surface area contributed by atoms with Crippen molar-refractivity contribution in [3.05, 3.63) is 0 Å². The van der Waals surface area contributed by atoms with Gasteiger partial charge in [0.15, 0.2) is 0 Å². The summed E-state index contributed by atoms with van der Waals surface area (Å²) in [6.45, 7) is 0.695. The quantitative estimate of drug-likeness (QED) is 0.654. The van der Waals surface area contributed by atoms with Gasteiger partial charge in [-0.05, 0) is 25.3 Å². The highest BCUT2D eigenvalue weighted by Crippen LogP contribution is 2.55. The summed E-state index contributed by atoms with van der Waals surface area (Å²) in [5.74, 6) is -0.155. The number of nitrogens with one attached hydrogen (secondary N) is 1. The standard InChI is InChI=1S/C8H12F3N.ClH/c9-8(10,11)7-3-1-2-6(7)4-12-5-7;/h6,12H,1-5H2;1H/t6-,7-;/m0./s1. The van der Waals surface area contributed by atoms with Crippen molar-refractivity contribution in [2.45, 2.75) is 25.4 Å². The van der Waals surface area contributed by atoms with Crippen LogP contribution in [-0.2, 0) is 0 Å². The minimum absolute atomic E-state index is 0. The minimum atomic E-state index is -4.00. The molecule has 1 N–H and O–H groups in total. The normalized spacial score (nSPS) is 38.5. The molecule has 0 bridgehead atoms. The summed E-state index contributed by atoms with van der Waals surface area (Å²) in [5.41, 5.74) is -1.37. The Labute approximate surface area is 81.5 Å². The minimum Gasteiger partial charge on any atom is -0.316 e. The number of alkyl halides is 3. The molecule has 5 heteroatoms. The highest BCUT2D eigenvalue weighted by molar-refractivity contribution is 5.85. The van der Waals surface area contributed by atoms with Gasteiger partial charge in [-0.3, -0.25) is 0 Å². The van der Waals surface area contributed by atoms with Gasteiger partial charge in [0, 0.05) is 6.54 Å². The molecule has 0 spiro atoms. The monoisotopic (exact) mass is 215 g/mol. The van der Waals surface area contributed by atoms with Gasteiger partial charge in [0.1, 0.15) is 0 Å². The van der Waals surface area contributed by atoms with Gasteiger partial charge in [-0.1, -0.05) is 6.42 Å². The van der Waals surface area contributed by atoms with Crippen molar-refractivity contribution in [3.8, 4) is 0 Å². The van der Waals surface area contributed by atoms with E-state index in [1.807, 2.05) is 0 Å². The highest BCUT2D eigenvalue weighted by Gasteiger charge is 2.62. The molecule has 0 aromatic rings. The SMILES string of the molecule is Cl.FC(F)(F)[C@]12CCC[C@H]1CNC2. The van der Waals surface area contributed by atoms with Crippen LogP contribution in [0.5, 0.6) is 0 Å². The van der Waals surface area contributed by atoms with E-state index < -0.39 is 11.6 Å². The van der Waals surface area contributed by atoms with E-state index in [1.54, 1.807) is 0 Å². The lowest BCUT2D eigenvalue weighted by Crippen LogP contribution is -2.41. The molecule has 2 rings (SSSR count). The van der Waals surface area contributed by atoms with E-state index >= 15 is 0 Å². The van der Waals surface area contributed by atoms with Crippen LogP contribution in [0.3, 0.4) is 0 Å². The van der Waals surface area contributed by atoms with Crippen LogP contribution in [0.15, 0.2) is 0 Å². The molecule has 0 aromatic heterocycles. The first-order valence-corrected chi connectivity index (χ1v) is 4.34. The topological polar surface area (TPSA) is 12.0 Å². The fraction of sp³-hybridized carbons (Fsp3) is 1.00. The molecule has 1 saturated heterocycles. The van der Waals surface area contributed by atoms with Crippen LogP contribution in [0.1, 0.15) is 19.3 Å². The molecule has 1 saturated carbocycles. The van der Waals surface area contributed by atoms with Crippen molar-refractivity contribution in [2.24, 2.45) is 11.3 Å². The molecule has 13 heavy (non-hydrogen) atoms. The number of fused-ring (bicyclic) bond motifs is 1. The van der Waals surface area contributed by atoms with Crippen molar-refractivity contribution in [1.82, 2.24) is 5.32 Å². The van der Waals surface area contributed by atoms with Gasteiger partial charge in [0.05, 0.1) is 5.41 Å². The number of hydrogen-bond donors (Lipinski definition) is 1. The van der Waals surface area contributed by atoms with Crippen LogP contribution >= 0.6 is 12.4 Å². The van der Waals surface area contributed by atoms with E-state index in [4.69, 9.17) is 0 Å². The molecule has 78 valence electrons. The molecule has 2 fully saturated rings. The summed E-state index contributed by atoms with van der Waals surface area (Å²) in [6.07, 6.45) is -2.19. The summed E-state index contributed by atoms with van der Waals surface area (Å²) in [6, 6.07) is 0. The first kappa shape index (κ1) is 11.1. The molecule has 0 aromatic carbocycles. The van der Waals surface area contributed by atoms with Gasteiger partial charge in [0.25, 0.3) is 0 Å². The van der Waals surface area contributed by atoms with Crippen molar-refractivity contribution in [2.75, 3.05) is 13.1 Å². The van der Waals surface area contributed by atoms with Crippen LogP contribution in [-0.4, -0.2) is 19.3 Å². The highest BCUT2D eigenvalue weighted by atomic mass is 35.5. The van der Waals surface area contributed by atoms with E-state index in [-0.39, 0.29) is 24.9 Å². The summed E-state index contributed by atoms with van der Waals surface area (Å²) in [5, 5.41) is 2.85. The van der Waals surface area contributed by atoms with Crippen molar-refractivity contribution in [3.63, 3.8) is 0 Å². The van der Waals surface area contributed by atoms with Crippen LogP contribution in [0, 0.1) is 11.3 Å². The Bertz CT molecular complexity index is 182. The van der Waals surface area contributed by atoms with E-state index in [0.29, 0.717) is 13.0 Å². The van der Waals surface area contributed by atoms with Crippen LogP contribution in [0.2, 0.25) is 0 Å². The Morgan fingerprint density at radius 1 is 1.31 bits per heavy atom. The Morgan fingerprint density at radius 2 is 2.00 bits per heavy atom. The first-order valence-electron chi connectivity index (χ1n) is 4.34. The molecule has 1 aliphatic heterocycles. The number of hydrogen-bond acceptors (Lipinski definition) is 1. The maximum Gasteiger partial charge on any atom is 0.396 e. The largest absolute Gasteiger partial charge is 0.396 e. The molecule has 0 radical (unpaired) electrons. The summed E-state index contributed by atoms with van der Waals surface area (Å²) in [4.78, 5) is 0. The fourth-order valence-electron chi connectivity index (χ4n) is 2.62. The predicted octanol–water partition coefficient (Wildman–Crippen LogP) is 2.36. The molecular formula is C8H13ClF3N. The lowest BCUT2D eigenvalue weighted by molar-refractivity contribution is -0.224. The fourth-order valence-corrected chi connectivity index (χ4v) is 2.62. The van der Waals surface area contributed by atoms with Crippen LogP contribution < -0.4 is 5.32 Å². The lowest BCUT2D eigenvalue weighted by Gasteiger charge is -2.30. The summed E-state index contributed by atoms with van der Waals surface area (Å²) in [7, 11) is 0. The third kappa shape index (κ3) is 1.44. The maximum atomic E-state index is 12.7. The molecule has 2 atom stereocenters. The smallest absolute Gasteiger partial charge is 0.316 e. The van der Waals surface area contributed by atoms with E-state index in [2.05, 4.69) is 5.32 Å². The molecule has 1 heterocycles. The maximum absolute atomic E-state index is 12.7. The van der Waals surface area contributed by atoms with E-state index in [1.165, 1.54) is 0 Å². The van der Waals surface area contributed by atoms with Gasteiger partial charge in [-0.15, -0.1) is 12.4 Å². The molecule has 1 nitrogen and oxygen atoms in total. The zero-order valence-electron chi connectivity index (χ0n) is 7.16. The molecule has 0 amide bonds. The van der Waals surface area contributed by atoms with E-state index in [0.717, 1.165) is 12.8 Å². The van der Waals surface area contributed by atoms with Gasteiger partial charge in [-0.2, -0.15) is 13.2 Å². The zero-order chi connectivity index (χ0) is 8.82. The average Bonchev–Trinajstić information content (AvgIpc) is 2.37. The van der Waals surface area contributed by atoms with Crippen LogP contribution in [0.25, 0.3) is 0 Å². The Hall–Kier alpha value is 0.0400. The third-order valence-electron chi connectivity index (χ3n) is 3.35. The predicted molar refractivity (Wildman–Crippen MR) is 45.9 cm³/mol. The molecule has 2 aliphatic rings. The van der Waals surface area contributed by atoms with Gasteiger partial charge in [-0.25, -0.2) is 0 Å².